The third-order valence-electron chi connectivity index (χ3n) is 13.0. The van der Waals surface area contributed by atoms with Gasteiger partial charge in [0.25, 0.3) is 0 Å². The van der Waals surface area contributed by atoms with E-state index in [-0.39, 0.29) is 6.42 Å². The summed E-state index contributed by atoms with van der Waals surface area (Å²) in [5.41, 5.74) is -14.3. The van der Waals surface area contributed by atoms with E-state index in [1.54, 1.807) is 0 Å². The fourth-order valence-corrected chi connectivity index (χ4v) is 10.8. The van der Waals surface area contributed by atoms with Gasteiger partial charge in [0.05, 0.1) is 0 Å². The number of hydrogen-bond acceptors (Lipinski definition) is 7. The summed E-state index contributed by atoms with van der Waals surface area (Å²) in [5.74, 6) is -0.718. The van der Waals surface area contributed by atoms with Gasteiger partial charge in [-0.1, -0.05) is 122 Å². The Labute approximate surface area is 247 Å². The molecule has 0 saturated heterocycles. The second-order valence-electron chi connectivity index (χ2n) is 14.8. The van der Waals surface area contributed by atoms with Crippen molar-refractivity contribution in [1.29, 1.82) is 0 Å². The number of rotatable bonds is 15. The van der Waals surface area contributed by atoms with Gasteiger partial charge < -0.3 is 30.6 Å². The lowest BCUT2D eigenvalue weighted by Crippen LogP contribution is -2.73. The molecule has 0 radical (unpaired) electrons. The number of hydrogen-bond donors (Lipinski definition) is 6. The lowest BCUT2D eigenvalue weighted by molar-refractivity contribution is -0.260. The summed E-state index contributed by atoms with van der Waals surface area (Å²) < 4.78 is 0. The molecule has 5 aliphatic rings. The Morgan fingerprint density at radius 1 is 0.561 bits per heavy atom. The molecule has 7 nitrogen and oxygen atoms in total. The molecule has 236 valence electrons. The van der Waals surface area contributed by atoms with Crippen LogP contribution in [0.25, 0.3) is 0 Å². The molecule has 2 spiro atoms. The van der Waals surface area contributed by atoms with Crippen LogP contribution in [0.4, 0.5) is 0 Å². The molecule has 5 rings (SSSR count). The van der Waals surface area contributed by atoms with Crippen LogP contribution < -0.4 is 0 Å². The molecule has 0 aromatic rings. The van der Waals surface area contributed by atoms with E-state index in [1.165, 1.54) is 57.8 Å². The van der Waals surface area contributed by atoms with Crippen LogP contribution in [0.3, 0.4) is 0 Å². The highest BCUT2D eigenvalue weighted by Crippen LogP contribution is 2.93. The number of aliphatic hydroxyl groups excluding tert-OH is 1. The first-order valence-electron chi connectivity index (χ1n) is 17.4. The van der Waals surface area contributed by atoms with Gasteiger partial charge in [-0.05, 0) is 32.1 Å². The normalized spacial score (nSPS) is 41.7. The quantitative estimate of drug-likeness (QED) is 0.150. The maximum Gasteiger partial charge on any atom is 0.184 e. The Balaban J connectivity index is 1.21. The Morgan fingerprint density at radius 2 is 0.976 bits per heavy atom. The number of Topliss-reactive ketones (excluding diaryl/α,β-unsaturated/α-hetero) is 1. The van der Waals surface area contributed by atoms with Gasteiger partial charge in [0.2, 0.25) is 0 Å². The van der Waals surface area contributed by atoms with Gasteiger partial charge in [0, 0.05) is 17.3 Å². The van der Waals surface area contributed by atoms with Crippen molar-refractivity contribution in [2.24, 2.45) is 10.8 Å². The zero-order valence-corrected chi connectivity index (χ0v) is 25.6. The topological polar surface area (TPSA) is 138 Å². The summed E-state index contributed by atoms with van der Waals surface area (Å²) in [6.45, 7) is 2.24. The number of carbonyl (C=O) groups is 1. The summed E-state index contributed by atoms with van der Waals surface area (Å²) in [7, 11) is 0. The van der Waals surface area contributed by atoms with Crippen LogP contribution in [0.15, 0.2) is 0 Å². The van der Waals surface area contributed by atoms with E-state index in [1.807, 2.05) is 0 Å². The molecule has 41 heavy (non-hydrogen) atoms. The zero-order valence-electron chi connectivity index (χ0n) is 25.6. The molecule has 7 heteroatoms. The van der Waals surface area contributed by atoms with E-state index < -0.39 is 50.7 Å². The maximum absolute atomic E-state index is 13.9. The van der Waals surface area contributed by atoms with Crippen LogP contribution in [0.5, 0.6) is 0 Å². The second-order valence-corrected chi connectivity index (χ2v) is 14.8. The highest BCUT2D eigenvalue weighted by molar-refractivity contribution is 5.93. The maximum atomic E-state index is 13.9. The van der Waals surface area contributed by atoms with Crippen molar-refractivity contribution in [3.8, 4) is 0 Å². The lowest BCUT2D eigenvalue weighted by atomic mass is 9.69. The van der Waals surface area contributed by atoms with Crippen LogP contribution in [-0.4, -0.2) is 70.5 Å². The highest BCUT2D eigenvalue weighted by atomic mass is 16.5. The lowest BCUT2D eigenvalue weighted by Gasteiger charge is -2.46. The van der Waals surface area contributed by atoms with Gasteiger partial charge in [-0.25, -0.2) is 0 Å². The van der Waals surface area contributed by atoms with Gasteiger partial charge >= 0.3 is 0 Å². The van der Waals surface area contributed by atoms with E-state index in [0.717, 1.165) is 32.1 Å². The van der Waals surface area contributed by atoms with Gasteiger partial charge in [-0.3, -0.25) is 4.79 Å². The minimum absolute atomic E-state index is 0.0404. The van der Waals surface area contributed by atoms with Crippen molar-refractivity contribution in [3.63, 3.8) is 0 Å². The summed E-state index contributed by atoms with van der Waals surface area (Å²) in [4.78, 5) is 13.9. The van der Waals surface area contributed by atoms with Gasteiger partial charge in [0.15, 0.2) is 11.4 Å². The van der Waals surface area contributed by atoms with Crippen molar-refractivity contribution >= 4 is 5.78 Å². The summed E-state index contributed by atoms with van der Waals surface area (Å²) in [6.07, 6.45) is 19.0. The Hall–Kier alpha value is -0.570. The molecule has 0 bridgehead atoms. The Morgan fingerprint density at radius 3 is 1.44 bits per heavy atom. The Bertz CT molecular complexity index is 941. The first kappa shape index (κ1) is 31.8. The van der Waals surface area contributed by atoms with E-state index in [0.29, 0.717) is 57.8 Å². The van der Waals surface area contributed by atoms with E-state index in [4.69, 9.17) is 0 Å². The minimum Gasteiger partial charge on any atom is -0.386 e. The van der Waals surface area contributed by atoms with Crippen LogP contribution >= 0.6 is 0 Å². The third kappa shape index (κ3) is 3.81. The fourth-order valence-electron chi connectivity index (χ4n) is 10.8. The second kappa shape index (κ2) is 11.4. The van der Waals surface area contributed by atoms with Gasteiger partial charge in [-0.2, -0.15) is 0 Å². The molecule has 0 heterocycles. The molecule has 5 saturated carbocycles. The molecule has 5 aliphatic carbocycles. The number of aliphatic hydroxyl groups is 6. The van der Waals surface area contributed by atoms with Crippen molar-refractivity contribution in [3.05, 3.63) is 0 Å². The molecule has 0 aromatic heterocycles. The molecular weight excluding hydrogens is 520 g/mol. The van der Waals surface area contributed by atoms with Crippen molar-refractivity contribution in [2.45, 2.75) is 195 Å². The predicted molar refractivity (Wildman–Crippen MR) is 157 cm³/mol. The first-order valence-corrected chi connectivity index (χ1v) is 17.4. The fraction of sp³-hybridized carbons (Fsp3) is 0.971. The largest absolute Gasteiger partial charge is 0.386 e. The smallest absolute Gasteiger partial charge is 0.184 e. The van der Waals surface area contributed by atoms with Crippen LogP contribution in [-0.2, 0) is 4.79 Å². The number of carbonyl (C=O) groups excluding carboxylic acids is 1. The molecule has 5 fully saturated rings. The molecule has 6 N–H and O–H groups in total. The van der Waals surface area contributed by atoms with Crippen LogP contribution in [0.2, 0.25) is 0 Å². The number of fused-ring (bicyclic) bond motifs is 7. The molecule has 0 amide bonds. The number of unbranched alkanes of at least 4 members (excludes halogenated alkanes) is 12. The highest BCUT2D eigenvalue weighted by Gasteiger charge is 3.13. The molecule has 0 aromatic carbocycles. The summed E-state index contributed by atoms with van der Waals surface area (Å²) in [6, 6.07) is 0. The van der Waals surface area contributed by atoms with E-state index >= 15 is 0 Å². The van der Waals surface area contributed by atoms with Gasteiger partial charge in [-0.15, -0.1) is 0 Å². The SMILES string of the molecule is CCCCCCCCCCCCCCCC(=O)[C@]1(O)[C@H](O)[C@]2(O)C3(CCCCC3)[C@@]2(O)[C@@]2(O)C3(CCCCC3)[C@]21O. The van der Waals surface area contributed by atoms with Crippen molar-refractivity contribution < 1.29 is 35.4 Å². The zero-order chi connectivity index (χ0) is 29.6. The average Bonchev–Trinajstić information content (AvgIpc) is 3.62. The predicted octanol–water partition coefficient (Wildman–Crippen LogP) is 5.00. The molecule has 0 unspecified atom stereocenters. The standard InChI is InChI=1S/C34H58O7/c1-2-3-4-5-6-7-8-9-10-11-12-13-16-21-26(35)30(37)27(36)31(38)28(22-17-14-18-23-28)33(31,40)34(41)29(32(30,34)39)24-19-15-20-25-29/h27,36-41H,2-25H2,1H3/t27-,30-,31-,32+,33-,34+/m0/s1. The summed E-state index contributed by atoms with van der Waals surface area (Å²) in [5, 5.41) is 72.7. The Kier molecular flexibility index (Phi) is 8.86. The van der Waals surface area contributed by atoms with Crippen LogP contribution in [0.1, 0.15) is 161 Å². The van der Waals surface area contributed by atoms with Crippen LogP contribution in [0, 0.1) is 10.8 Å². The summed E-state index contributed by atoms with van der Waals surface area (Å²) >= 11 is 0. The van der Waals surface area contributed by atoms with E-state index in [2.05, 4.69) is 6.92 Å². The number of ketones is 1. The molecular formula is C34H58O7. The first-order chi connectivity index (χ1) is 19.6. The third-order valence-corrected chi connectivity index (χ3v) is 13.0. The minimum atomic E-state index is -2.72. The molecule has 6 atom stereocenters. The van der Waals surface area contributed by atoms with Crippen molar-refractivity contribution in [2.75, 3.05) is 0 Å². The van der Waals surface area contributed by atoms with E-state index in [9.17, 15) is 35.4 Å². The molecule has 0 aliphatic heterocycles. The monoisotopic (exact) mass is 578 g/mol. The van der Waals surface area contributed by atoms with Crippen molar-refractivity contribution in [1.82, 2.24) is 0 Å². The average molecular weight is 579 g/mol. The van der Waals surface area contributed by atoms with Gasteiger partial charge in [0.1, 0.15) is 28.5 Å².